The summed E-state index contributed by atoms with van der Waals surface area (Å²) >= 11 is 0. The number of carbonyl (C=O) groups excluding carboxylic acids is 1. The molecule has 0 bridgehead atoms. The summed E-state index contributed by atoms with van der Waals surface area (Å²) in [7, 11) is 0. The minimum atomic E-state index is -1.46. The molecule has 0 spiro atoms. The van der Waals surface area contributed by atoms with Crippen molar-refractivity contribution in [1.29, 1.82) is 0 Å². The fraction of sp³-hybridized carbons (Fsp3) is 0.154. The summed E-state index contributed by atoms with van der Waals surface area (Å²) in [5.41, 5.74) is 1.03. The third-order valence-electron chi connectivity index (χ3n) is 2.82. The molecule has 0 aliphatic carbocycles. The van der Waals surface area contributed by atoms with E-state index in [9.17, 15) is 14.4 Å². The van der Waals surface area contributed by atoms with Crippen LogP contribution in [0.4, 0.5) is 0 Å². The van der Waals surface area contributed by atoms with Crippen molar-refractivity contribution in [3.05, 3.63) is 36.0 Å². The Kier molecular flexibility index (Phi) is 3.69. The van der Waals surface area contributed by atoms with Crippen LogP contribution in [-0.2, 0) is 9.59 Å². The summed E-state index contributed by atoms with van der Waals surface area (Å²) in [4.78, 5) is 36.5. The van der Waals surface area contributed by atoms with Gasteiger partial charge in [0, 0.05) is 22.7 Å². The zero-order valence-electron chi connectivity index (χ0n) is 10.3. The fourth-order valence-electron chi connectivity index (χ4n) is 1.89. The number of carboxylic acids is 2. The smallest absolute Gasteiger partial charge is 0.326 e. The normalized spacial score (nSPS) is 12.0. The number of nitrogens with one attached hydrogen (secondary N) is 2. The SMILES string of the molecule is O=C(O)C[C@@H](NC(=O)c1cccc2[nH]ccc12)C(=O)O. The maximum atomic E-state index is 12.1. The van der Waals surface area contributed by atoms with Crippen LogP contribution in [0.25, 0.3) is 10.9 Å². The molecule has 20 heavy (non-hydrogen) atoms. The molecule has 4 N–H and O–H groups in total. The number of benzene rings is 1. The van der Waals surface area contributed by atoms with Crippen LogP contribution < -0.4 is 5.32 Å². The average molecular weight is 276 g/mol. The number of carboxylic acid groups (broad SMARTS) is 2. The highest BCUT2D eigenvalue weighted by Crippen LogP contribution is 2.17. The van der Waals surface area contributed by atoms with Crippen LogP contribution in [0.1, 0.15) is 16.8 Å². The Hall–Kier alpha value is -2.83. The van der Waals surface area contributed by atoms with Gasteiger partial charge in [-0.15, -0.1) is 0 Å². The van der Waals surface area contributed by atoms with Crippen molar-refractivity contribution >= 4 is 28.7 Å². The van der Waals surface area contributed by atoms with E-state index in [2.05, 4.69) is 10.3 Å². The number of H-pyrrole nitrogens is 1. The van der Waals surface area contributed by atoms with E-state index in [1.165, 1.54) is 0 Å². The molecule has 0 fully saturated rings. The van der Waals surface area contributed by atoms with Gasteiger partial charge in [0.1, 0.15) is 6.04 Å². The zero-order valence-corrected chi connectivity index (χ0v) is 10.3. The van der Waals surface area contributed by atoms with Gasteiger partial charge < -0.3 is 20.5 Å². The Bertz CT molecular complexity index is 676. The van der Waals surface area contributed by atoms with Crippen molar-refractivity contribution in [3.63, 3.8) is 0 Å². The van der Waals surface area contributed by atoms with Crippen molar-refractivity contribution in [2.45, 2.75) is 12.5 Å². The van der Waals surface area contributed by atoms with Crippen LogP contribution in [0.15, 0.2) is 30.5 Å². The number of aromatic nitrogens is 1. The van der Waals surface area contributed by atoms with Crippen molar-refractivity contribution in [2.75, 3.05) is 0 Å². The molecular weight excluding hydrogens is 264 g/mol. The molecule has 0 unspecified atom stereocenters. The first-order valence-corrected chi connectivity index (χ1v) is 5.80. The van der Waals surface area contributed by atoms with Crippen molar-refractivity contribution in [3.8, 4) is 0 Å². The highest BCUT2D eigenvalue weighted by atomic mass is 16.4. The van der Waals surface area contributed by atoms with Crippen molar-refractivity contribution in [2.24, 2.45) is 0 Å². The van der Waals surface area contributed by atoms with Crippen LogP contribution in [0, 0.1) is 0 Å². The van der Waals surface area contributed by atoms with E-state index in [-0.39, 0.29) is 0 Å². The van der Waals surface area contributed by atoms with Gasteiger partial charge in [-0.05, 0) is 18.2 Å². The minimum absolute atomic E-state index is 0.292. The number of fused-ring (bicyclic) bond motifs is 1. The van der Waals surface area contributed by atoms with E-state index in [4.69, 9.17) is 10.2 Å². The molecule has 2 aromatic rings. The Balaban J connectivity index is 2.24. The highest BCUT2D eigenvalue weighted by molar-refractivity contribution is 6.07. The summed E-state index contributed by atoms with van der Waals surface area (Å²) in [6, 6.07) is 5.20. The van der Waals surface area contributed by atoms with Crippen LogP contribution in [0.2, 0.25) is 0 Å². The van der Waals surface area contributed by atoms with Gasteiger partial charge in [0.2, 0.25) is 0 Å². The molecule has 0 aliphatic rings. The quantitative estimate of drug-likeness (QED) is 0.644. The van der Waals surface area contributed by atoms with Gasteiger partial charge >= 0.3 is 11.9 Å². The molecule has 0 aliphatic heterocycles. The molecule has 1 heterocycles. The first kappa shape index (κ1) is 13.6. The number of hydrogen-bond donors (Lipinski definition) is 4. The Morgan fingerprint density at radius 2 is 1.95 bits per heavy atom. The van der Waals surface area contributed by atoms with Crippen molar-refractivity contribution in [1.82, 2.24) is 10.3 Å². The number of hydrogen-bond acceptors (Lipinski definition) is 3. The summed E-state index contributed by atoms with van der Waals surface area (Å²) in [5, 5.41) is 20.4. The molecule has 0 saturated carbocycles. The van der Waals surface area contributed by atoms with E-state index in [1.807, 2.05) is 0 Å². The van der Waals surface area contributed by atoms with Gasteiger partial charge in [-0.2, -0.15) is 0 Å². The van der Waals surface area contributed by atoms with E-state index in [0.717, 1.165) is 5.52 Å². The molecule has 2 rings (SSSR count). The largest absolute Gasteiger partial charge is 0.481 e. The van der Waals surface area contributed by atoms with E-state index >= 15 is 0 Å². The molecule has 7 nitrogen and oxygen atoms in total. The lowest BCUT2D eigenvalue weighted by atomic mass is 10.1. The van der Waals surface area contributed by atoms with Gasteiger partial charge in [-0.3, -0.25) is 9.59 Å². The molecule has 1 amide bonds. The number of carbonyl (C=O) groups is 3. The van der Waals surface area contributed by atoms with Gasteiger partial charge in [0.25, 0.3) is 5.91 Å². The topological polar surface area (TPSA) is 119 Å². The predicted molar refractivity (Wildman–Crippen MR) is 69.4 cm³/mol. The first-order chi connectivity index (χ1) is 9.49. The van der Waals surface area contributed by atoms with E-state index < -0.39 is 30.3 Å². The molecule has 7 heteroatoms. The lowest BCUT2D eigenvalue weighted by Crippen LogP contribution is -2.42. The van der Waals surface area contributed by atoms with Crippen LogP contribution in [-0.4, -0.2) is 39.1 Å². The lowest BCUT2D eigenvalue weighted by Gasteiger charge is -2.12. The summed E-state index contributed by atoms with van der Waals surface area (Å²) in [6.07, 6.45) is 0.984. The second kappa shape index (κ2) is 5.43. The Morgan fingerprint density at radius 1 is 1.20 bits per heavy atom. The maximum absolute atomic E-state index is 12.1. The highest BCUT2D eigenvalue weighted by Gasteiger charge is 2.24. The van der Waals surface area contributed by atoms with Crippen molar-refractivity contribution < 1.29 is 24.6 Å². The average Bonchev–Trinajstić information content (AvgIpc) is 2.84. The molecule has 0 saturated heterocycles. The van der Waals surface area contributed by atoms with Crippen LogP contribution in [0.5, 0.6) is 0 Å². The predicted octanol–water partition coefficient (Wildman–Crippen LogP) is 0.826. The molecule has 104 valence electrons. The van der Waals surface area contributed by atoms with Gasteiger partial charge in [-0.25, -0.2) is 4.79 Å². The van der Waals surface area contributed by atoms with E-state index in [0.29, 0.717) is 10.9 Å². The molecule has 1 aromatic heterocycles. The maximum Gasteiger partial charge on any atom is 0.326 e. The molecule has 1 aromatic carbocycles. The second-order valence-corrected chi connectivity index (χ2v) is 4.21. The zero-order chi connectivity index (χ0) is 14.7. The number of amides is 1. The van der Waals surface area contributed by atoms with Gasteiger partial charge in [0.05, 0.1) is 6.42 Å². The number of aromatic amines is 1. The fourth-order valence-corrected chi connectivity index (χ4v) is 1.89. The minimum Gasteiger partial charge on any atom is -0.481 e. The Labute approximate surface area is 113 Å². The Morgan fingerprint density at radius 3 is 2.60 bits per heavy atom. The lowest BCUT2D eigenvalue weighted by molar-refractivity contribution is -0.145. The van der Waals surface area contributed by atoms with Gasteiger partial charge in [0.15, 0.2) is 0 Å². The van der Waals surface area contributed by atoms with E-state index in [1.54, 1.807) is 30.5 Å². The van der Waals surface area contributed by atoms with Crippen LogP contribution >= 0.6 is 0 Å². The number of rotatable bonds is 5. The first-order valence-electron chi connectivity index (χ1n) is 5.80. The van der Waals surface area contributed by atoms with Gasteiger partial charge in [-0.1, -0.05) is 6.07 Å². The molecule has 0 radical (unpaired) electrons. The summed E-state index contributed by atoms with van der Waals surface area (Å²) in [6.45, 7) is 0. The molecule has 1 atom stereocenters. The second-order valence-electron chi connectivity index (χ2n) is 4.21. The number of aliphatic carboxylic acids is 2. The summed E-state index contributed by atoms with van der Waals surface area (Å²) < 4.78 is 0. The molecular formula is C13H12N2O5. The third kappa shape index (κ3) is 2.77. The summed E-state index contributed by atoms with van der Waals surface area (Å²) in [5.74, 6) is -3.30. The van der Waals surface area contributed by atoms with Crippen LogP contribution in [0.3, 0.4) is 0 Å². The standard InChI is InChI=1S/C13H12N2O5/c16-11(17)6-10(13(19)20)15-12(18)8-2-1-3-9-7(8)4-5-14-9/h1-5,10,14H,6H2,(H,15,18)(H,16,17)(H,19,20)/t10-/m1/s1. The third-order valence-corrected chi connectivity index (χ3v) is 2.82. The monoisotopic (exact) mass is 276 g/mol.